The standard InChI is InChI=1S/C14H25NO/c1-14(2)7-5-13(6-8-14)15-10-12-4-3-9-16-11-12/h4,13,15H,3,5-11H2,1-2H3. The van der Waals surface area contributed by atoms with Gasteiger partial charge in [0.25, 0.3) is 0 Å². The minimum absolute atomic E-state index is 0.575. The summed E-state index contributed by atoms with van der Waals surface area (Å²) in [4.78, 5) is 0. The van der Waals surface area contributed by atoms with Crippen molar-refractivity contribution in [1.82, 2.24) is 5.32 Å². The molecule has 0 radical (unpaired) electrons. The van der Waals surface area contributed by atoms with Gasteiger partial charge in [-0.25, -0.2) is 0 Å². The Morgan fingerprint density at radius 1 is 1.38 bits per heavy atom. The van der Waals surface area contributed by atoms with E-state index < -0.39 is 0 Å². The number of rotatable bonds is 3. The van der Waals surface area contributed by atoms with Gasteiger partial charge in [-0.3, -0.25) is 0 Å². The predicted octanol–water partition coefficient (Wildman–Crippen LogP) is 2.89. The summed E-state index contributed by atoms with van der Waals surface area (Å²) in [5.74, 6) is 0. The van der Waals surface area contributed by atoms with E-state index in [1.165, 1.54) is 31.3 Å². The molecule has 0 spiro atoms. The van der Waals surface area contributed by atoms with E-state index in [1.807, 2.05) is 0 Å². The second kappa shape index (κ2) is 5.33. The van der Waals surface area contributed by atoms with Crippen LogP contribution in [0.15, 0.2) is 11.6 Å². The Labute approximate surface area is 99.4 Å². The Bertz CT molecular complexity index is 247. The SMILES string of the molecule is CC1(C)CCC(NCC2=CCCOC2)CC1. The zero-order chi connectivity index (χ0) is 11.4. The lowest BCUT2D eigenvalue weighted by molar-refractivity contribution is 0.147. The fourth-order valence-electron chi connectivity index (χ4n) is 2.61. The first-order valence-electron chi connectivity index (χ1n) is 6.65. The number of hydrogen-bond donors (Lipinski definition) is 1. The van der Waals surface area contributed by atoms with Gasteiger partial charge >= 0.3 is 0 Å². The molecule has 0 bridgehead atoms. The van der Waals surface area contributed by atoms with Crippen molar-refractivity contribution in [2.24, 2.45) is 5.41 Å². The second-order valence-corrected chi connectivity index (χ2v) is 6.02. The summed E-state index contributed by atoms with van der Waals surface area (Å²) in [7, 11) is 0. The van der Waals surface area contributed by atoms with Crippen molar-refractivity contribution in [1.29, 1.82) is 0 Å². The van der Waals surface area contributed by atoms with Gasteiger partial charge in [0, 0.05) is 12.6 Å². The lowest BCUT2D eigenvalue weighted by Gasteiger charge is -2.35. The van der Waals surface area contributed by atoms with Crippen LogP contribution in [0.4, 0.5) is 0 Å². The zero-order valence-electron chi connectivity index (χ0n) is 10.7. The molecule has 2 heteroatoms. The van der Waals surface area contributed by atoms with Crippen LogP contribution in [0, 0.1) is 5.41 Å². The minimum Gasteiger partial charge on any atom is -0.377 e. The third-order valence-corrected chi connectivity index (χ3v) is 3.94. The maximum atomic E-state index is 5.45. The van der Waals surface area contributed by atoms with Crippen LogP contribution in [0.5, 0.6) is 0 Å². The van der Waals surface area contributed by atoms with Crippen molar-refractivity contribution in [3.8, 4) is 0 Å². The maximum absolute atomic E-state index is 5.45. The van der Waals surface area contributed by atoms with Gasteiger partial charge in [-0.05, 0) is 43.1 Å². The van der Waals surface area contributed by atoms with Gasteiger partial charge in [0.15, 0.2) is 0 Å². The minimum atomic E-state index is 0.575. The predicted molar refractivity (Wildman–Crippen MR) is 67.6 cm³/mol. The number of ether oxygens (including phenoxy) is 1. The van der Waals surface area contributed by atoms with Crippen LogP contribution < -0.4 is 5.32 Å². The molecule has 1 aliphatic heterocycles. The van der Waals surface area contributed by atoms with Crippen molar-refractivity contribution in [3.05, 3.63) is 11.6 Å². The summed E-state index contributed by atoms with van der Waals surface area (Å²) in [6.07, 6.45) is 8.82. The number of hydrogen-bond acceptors (Lipinski definition) is 2. The van der Waals surface area contributed by atoms with E-state index in [2.05, 4.69) is 25.2 Å². The summed E-state index contributed by atoms with van der Waals surface area (Å²) in [6.45, 7) is 7.55. The average Bonchev–Trinajstić information content (AvgIpc) is 2.29. The van der Waals surface area contributed by atoms with Gasteiger partial charge in [-0.1, -0.05) is 19.9 Å². The molecule has 2 rings (SSSR count). The molecule has 92 valence electrons. The molecule has 0 saturated heterocycles. The van der Waals surface area contributed by atoms with E-state index in [-0.39, 0.29) is 0 Å². The summed E-state index contributed by atoms with van der Waals surface area (Å²) in [5.41, 5.74) is 2.02. The molecule has 1 saturated carbocycles. The lowest BCUT2D eigenvalue weighted by atomic mass is 9.75. The van der Waals surface area contributed by atoms with Gasteiger partial charge in [0.2, 0.25) is 0 Å². The van der Waals surface area contributed by atoms with Crippen LogP contribution in [0.3, 0.4) is 0 Å². The first kappa shape index (κ1) is 12.1. The molecular formula is C14H25NO. The third kappa shape index (κ3) is 3.60. The third-order valence-electron chi connectivity index (χ3n) is 3.94. The van der Waals surface area contributed by atoms with Gasteiger partial charge < -0.3 is 10.1 Å². The Kier molecular flexibility index (Phi) is 4.04. The highest BCUT2D eigenvalue weighted by Gasteiger charge is 2.26. The van der Waals surface area contributed by atoms with Crippen LogP contribution in [-0.2, 0) is 4.74 Å². The zero-order valence-corrected chi connectivity index (χ0v) is 10.7. The van der Waals surface area contributed by atoms with Crippen molar-refractivity contribution in [2.75, 3.05) is 19.8 Å². The fraction of sp³-hybridized carbons (Fsp3) is 0.857. The Morgan fingerprint density at radius 3 is 2.75 bits per heavy atom. The van der Waals surface area contributed by atoms with Crippen LogP contribution in [-0.4, -0.2) is 25.8 Å². The monoisotopic (exact) mass is 223 g/mol. The summed E-state index contributed by atoms with van der Waals surface area (Å²) < 4.78 is 5.45. The smallest absolute Gasteiger partial charge is 0.0689 e. The Hall–Kier alpha value is -0.340. The molecule has 0 aromatic carbocycles. The van der Waals surface area contributed by atoms with Crippen LogP contribution in [0.2, 0.25) is 0 Å². The van der Waals surface area contributed by atoms with Crippen molar-refractivity contribution in [2.45, 2.75) is 52.0 Å². The molecular weight excluding hydrogens is 198 g/mol. The average molecular weight is 223 g/mol. The van der Waals surface area contributed by atoms with E-state index >= 15 is 0 Å². The molecule has 2 nitrogen and oxygen atoms in total. The van der Waals surface area contributed by atoms with E-state index in [1.54, 1.807) is 0 Å². The molecule has 1 aliphatic carbocycles. The quantitative estimate of drug-likeness (QED) is 0.743. The second-order valence-electron chi connectivity index (χ2n) is 6.02. The molecule has 0 atom stereocenters. The maximum Gasteiger partial charge on any atom is 0.0689 e. The van der Waals surface area contributed by atoms with Crippen molar-refractivity contribution >= 4 is 0 Å². The highest BCUT2D eigenvalue weighted by Crippen LogP contribution is 2.34. The van der Waals surface area contributed by atoms with Gasteiger partial charge in [0.05, 0.1) is 13.2 Å². The molecule has 0 aromatic rings. The Morgan fingerprint density at radius 2 is 2.12 bits per heavy atom. The van der Waals surface area contributed by atoms with Crippen LogP contribution in [0.25, 0.3) is 0 Å². The van der Waals surface area contributed by atoms with Crippen molar-refractivity contribution in [3.63, 3.8) is 0 Å². The van der Waals surface area contributed by atoms with Gasteiger partial charge in [-0.2, -0.15) is 0 Å². The molecule has 2 aliphatic rings. The normalized spacial score (nSPS) is 26.5. The van der Waals surface area contributed by atoms with Crippen LogP contribution in [0.1, 0.15) is 46.0 Å². The summed E-state index contributed by atoms with van der Waals surface area (Å²) in [6, 6.07) is 0.732. The Balaban J connectivity index is 1.69. The lowest BCUT2D eigenvalue weighted by Crippen LogP contribution is -2.37. The van der Waals surface area contributed by atoms with Crippen molar-refractivity contribution < 1.29 is 4.74 Å². The van der Waals surface area contributed by atoms with E-state index in [0.29, 0.717) is 5.41 Å². The van der Waals surface area contributed by atoms with E-state index in [4.69, 9.17) is 4.74 Å². The van der Waals surface area contributed by atoms with Gasteiger partial charge in [-0.15, -0.1) is 0 Å². The summed E-state index contributed by atoms with van der Waals surface area (Å²) in [5, 5.41) is 3.68. The highest BCUT2D eigenvalue weighted by molar-refractivity contribution is 5.07. The highest BCUT2D eigenvalue weighted by atomic mass is 16.5. The topological polar surface area (TPSA) is 21.3 Å². The first-order chi connectivity index (χ1) is 7.66. The number of nitrogens with one attached hydrogen (secondary N) is 1. The fourth-order valence-corrected chi connectivity index (χ4v) is 2.61. The molecule has 0 unspecified atom stereocenters. The molecule has 0 aromatic heterocycles. The molecule has 16 heavy (non-hydrogen) atoms. The van der Waals surface area contributed by atoms with E-state index in [0.717, 1.165) is 32.2 Å². The largest absolute Gasteiger partial charge is 0.377 e. The van der Waals surface area contributed by atoms with E-state index in [9.17, 15) is 0 Å². The van der Waals surface area contributed by atoms with Gasteiger partial charge in [0.1, 0.15) is 0 Å². The first-order valence-corrected chi connectivity index (χ1v) is 6.65. The molecule has 1 fully saturated rings. The summed E-state index contributed by atoms with van der Waals surface area (Å²) >= 11 is 0. The molecule has 1 N–H and O–H groups in total. The molecule has 0 amide bonds. The van der Waals surface area contributed by atoms with Crippen LogP contribution >= 0.6 is 0 Å². The molecule has 1 heterocycles.